The molecule has 1 atom stereocenters. The van der Waals surface area contributed by atoms with Crippen LogP contribution in [0, 0.1) is 0 Å². The smallest absolute Gasteiger partial charge is 0.407 e. The Balaban J connectivity index is 2.65. The molecule has 0 radical (unpaired) electrons. The highest BCUT2D eigenvalue weighted by atomic mass is 35.5. The molecule has 0 aliphatic heterocycles. The normalized spacial score (nSPS) is 11.9. The number of hydrogen-bond donors (Lipinski definition) is 1. The van der Waals surface area contributed by atoms with Gasteiger partial charge in [-0.05, 0) is 25.5 Å². The van der Waals surface area contributed by atoms with Crippen LogP contribution < -0.4 is 5.32 Å². The molecule has 1 N–H and O–H groups in total. The van der Waals surface area contributed by atoms with Crippen molar-refractivity contribution < 1.29 is 9.53 Å². The third kappa shape index (κ3) is 3.44. The van der Waals surface area contributed by atoms with Gasteiger partial charge >= 0.3 is 6.09 Å². The zero-order valence-electron chi connectivity index (χ0n) is 8.79. The number of alkyl carbamates (subject to hydrolysis) is 1. The largest absolute Gasteiger partial charge is 0.450 e. The van der Waals surface area contributed by atoms with Gasteiger partial charge in [0.05, 0.1) is 12.6 Å². The number of nitrogens with one attached hydrogen (secondary N) is 1. The van der Waals surface area contributed by atoms with Gasteiger partial charge in [0, 0.05) is 5.02 Å². The molecule has 0 bridgehead atoms. The van der Waals surface area contributed by atoms with Crippen molar-refractivity contribution in [2.75, 3.05) is 6.61 Å². The van der Waals surface area contributed by atoms with Crippen LogP contribution >= 0.6 is 11.6 Å². The summed E-state index contributed by atoms with van der Waals surface area (Å²) in [6.45, 7) is 3.99. The number of rotatable bonds is 3. The summed E-state index contributed by atoms with van der Waals surface area (Å²) in [7, 11) is 0. The van der Waals surface area contributed by atoms with E-state index in [-0.39, 0.29) is 6.04 Å². The SMILES string of the molecule is CCOC(=O)N[C@@H](C)c1ccccc1Cl. The molecule has 4 heteroatoms. The summed E-state index contributed by atoms with van der Waals surface area (Å²) < 4.78 is 4.78. The van der Waals surface area contributed by atoms with E-state index in [4.69, 9.17) is 16.3 Å². The molecule has 0 heterocycles. The Labute approximate surface area is 94.4 Å². The van der Waals surface area contributed by atoms with Gasteiger partial charge in [0.15, 0.2) is 0 Å². The molecular formula is C11H14ClNO2. The average molecular weight is 228 g/mol. The van der Waals surface area contributed by atoms with E-state index in [2.05, 4.69) is 5.32 Å². The second-order valence-electron chi connectivity index (χ2n) is 3.11. The van der Waals surface area contributed by atoms with Gasteiger partial charge in [-0.3, -0.25) is 0 Å². The molecule has 1 aromatic rings. The molecule has 15 heavy (non-hydrogen) atoms. The van der Waals surface area contributed by atoms with Crippen LogP contribution in [0.5, 0.6) is 0 Å². The molecule has 1 rings (SSSR count). The topological polar surface area (TPSA) is 38.3 Å². The van der Waals surface area contributed by atoms with Crippen molar-refractivity contribution in [2.24, 2.45) is 0 Å². The van der Waals surface area contributed by atoms with Crippen molar-refractivity contribution >= 4 is 17.7 Å². The van der Waals surface area contributed by atoms with Crippen molar-refractivity contribution in [3.63, 3.8) is 0 Å². The van der Waals surface area contributed by atoms with E-state index < -0.39 is 6.09 Å². The Bertz CT molecular complexity index is 341. The second-order valence-corrected chi connectivity index (χ2v) is 3.52. The van der Waals surface area contributed by atoms with Crippen molar-refractivity contribution in [1.82, 2.24) is 5.32 Å². The molecule has 0 fully saturated rings. The fourth-order valence-corrected chi connectivity index (χ4v) is 1.55. The van der Waals surface area contributed by atoms with Gasteiger partial charge in [0.2, 0.25) is 0 Å². The fraction of sp³-hybridized carbons (Fsp3) is 0.364. The molecule has 3 nitrogen and oxygen atoms in total. The van der Waals surface area contributed by atoms with Gasteiger partial charge in [-0.2, -0.15) is 0 Å². The van der Waals surface area contributed by atoms with Crippen LogP contribution in [-0.4, -0.2) is 12.7 Å². The Kier molecular flexibility index (Phi) is 4.43. The Hall–Kier alpha value is -1.22. The molecule has 0 aliphatic rings. The molecule has 1 amide bonds. The highest BCUT2D eigenvalue weighted by molar-refractivity contribution is 6.31. The standard InChI is InChI=1S/C11H14ClNO2/c1-3-15-11(14)13-8(2)9-6-4-5-7-10(9)12/h4-8H,3H2,1-2H3,(H,13,14)/t8-/m0/s1. The van der Waals surface area contributed by atoms with Crippen LogP contribution in [0.4, 0.5) is 4.79 Å². The van der Waals surface area contributed by atoms with Crippen LogP contribution in [-0.2, 0) is 4.74 Å². The van der Waals surface area contributed by atoms with Crippen molar-refractivity contribution in [2.45, 2.75) is 19.9 Å². The van der Waals surface area contributed by atoms with Crippen LogP contribution in [0.25, 0.3) is 0 Å². The first-order valence-electron chi connectivity index (χ1n) is 4.83. The third-order valence-electron chi connectivity index (χ3n) is 1.98. The van der Waals surface area contributed by atoms with Crippen LogP contribution in [0.1, 0.15) is 25.5 Å². The Morgan fingerprint density at radius 2 is 2.20 bits per heavy atom. The summed E-state index contributed by atoms with van der Waals surface area (Å²) in [5.41, 5.74) is 0.882. The quantitative estimate of drug-likeness (QED) is 0.862. The lowest BCUT2D eigenvalue weighted by Crippen LogP contribution is -2.27. The van der Waals surface area contributed by atoms with E-state index in [0.29, 0.717) is 11.6 Å². The minimum atomic E-state index is -0.426. The predicted molar refractivity (Wildman–Crippen MR) is 60.0 cm³/mol. The number of halogens is 1. The van der Waals surface area contributed by atoms with E-state index in [9.17, 15) is 4.79 Å². The summed E-state index contributed by atoms with van der Waals surface area (Å²) in [4.78, 5) is 11.2. The molecule has 0 saturated carbocycles. The van der Waals surface area contributed by atoms with Gasteiger partial charge < -0.3 is 10.1 Å². The maximum absolute atomic E-state index is 11.2. The zero-order chi connectivity index (χ0) is 11.3. The van der Waals surface area contributed by atoms with E-state index in [1.54, 1.807) is 13.0 Å². The fourth-order valence-electron chi connectivity index (χ4n) is 1.25. The maximum Gasteiger partial charge on any atom is 0.407 e. The van der Waals surface area contributed by atoms with Crippen LogP contribution in [0.3, 0.4) is 0 Å². The highest BCUT2D eigenvalue weighted by Crippen LogP contribution is 2.21. The summed E-state index contributed by atoms with van der Waals surface area (Å²) >= 11 is 5.99. The van der Waals surface area contributed by atoms with E-state index >= 15 is 0 Å². The lowest BCUT2D eigenvalue weighted by atomic mass is 10.1. The zero-order valence-corrected chi connectivity index (χ0v) is 9.54. The maximum atomic E-state index is 11.2. The first-order valence-corrected chi connectivity index (χ1v) is 5.20. The van der Waals surface area contributed by atoms with Crippen LogP contribution in [0.15, 0.2) is 24.3 Å². The highest BCUT2D eigenvalue weighted by Gasteiger charge is 2.11. The average Bonchev–Trinajstić information content (AvgIpc) is 2.18. The summed E-state index contributed by atoms with van der Waals surface area (Å²) in [6.07, 6.45) is -0.426. The number of amides is 1. The van der Waals surface area contributed by atoms with E-state index in [1.165, 1.54) is 0 Å². The lowest BCUT2D eigenvalue weighted by molar-refractivity contribution is 0.149. The molecule has 0 unspecified atom stereocenters. The second kappa shape index (κ2) is 5.61. The first-order chi connectivity index (χ1) is 7.15. The van der Waals surface area contributed by atoms with Crippen molar-refractivity contribution in [3.8, 4) is 0 Å². The molecule has 0 aromatic heterocycles. The monoisotopic (exact) mass is 227 g/mol. The molecule has 0 spiro atoms. The number of ether oxygens (including phenoxy) is 1. The third-order valence-corrected chi connectivity index (χ3v) is 2.33. The van der Waals surface area contributed by atoms with Gasteiger partial charge in [-0.1, -0.05) is 29.8 Å². The number of carbonyl (C=O) groups excluding carboxylic acids is 1. The molecular weight excluding hydrogens is 214 g/mol. The molecule has 82 valence electrons. The van der Waals surface area contributed by atoms with Crippen molar-refractivity contribution in [1.29, 1.82) is 0 Å². The predicted octanol–water partition coefficient (Wildman–Crippen LogP) is 3.15. The molecule has 0 saturated heterocycles. The number of benzene rings is 1. The lowest BCUT2D eigenvalue weighted by Gasteiger charge is -2.14. The minimum absolute atomic E-state index is 0.155. The number of hydrogen-bond acceptors (Lipinski definition) is 2. The van der Waals surface area contributed by atoms with Gasteiger partial charge in [0.25, 0.3) is 0 Å². The minimum Gasteiger partial charge on any atom is -0.450 e. The van der Waals surface area contributed by atoms with Crippen molar-refractivity contribution in [3.05, 3.63) is 34.9 Å². The summed E-state index contributed by atoms with van der Waals surface area (Å²) in [5, 5.41) is 3.33. The Morgan fingerprint density at radius 3 is 2.80 bits per heavy atom. The summed E-state index contributed by atoms with van der Waals surface area (Å²) in [5.74, 6) is 0. The van der Waals surface area contributed by atoms with Gasteiger partial charge in [-0.15, -0.1) is 0 Å². The summed E-state index contributed by atoms with van der Waals surface area (Å²) in [6, 6.07) is 7.24. The van der Waals surface area contributed by atoms with Gasteiger partial charge in [0.1, 0.15) is 0 Å². The number of carbonyl (C=O) groups is 1. The van der Waals surface area contributed by atoms with E-state index in [0.717, 1.165) is 5.56 Å². The molecule has 0 aliphatic carbocycles. The first kappa shape index (κ1) is 11.9. The Morgan fingerprint density at radius 1 is 1.53 bits per heavy atom. The van der Waals surface area contributed by atoms with E-state index in [1.807, 2.05) is 25.1 Å². The molecule has 1 aromatic carbocycles. The van der Waals surface area contributed by atoms with Crippen LogP contribution in [0.2, 0.25) is 5.02 Å². The van der Waals surface area contributed by atoms with Gasteiger partial charge in [-0.25, -0.2) is 4.79 Å².